The second-order valence-electron chi connectivity index (χ2n) is 6.49. The van der Waals surface area contributed by atoms with E-state index in [1.165, 1.54) is 44.9 Å². The van der Waals surface area contributed by atoms with E-state index in [4.69, 9.17) is 18.9 Å². The normalized spacial score (nSPS) is 14.9. The number of sulfonamides is 1. The maximum absolute atomic E-state index is 12.9. The van der Waals surface area contributed by atoms with Crippen molar-refractivity contribution in [1.82, 2.24) is 0 Å². The monoisotopic (exact) mass is 436 g/mol. The van der Waals surface area contributed by atoms with Crippen LogP contribution in [0.3, 0.4) is 0 Å². The van der Waals surface area contributed by atoms with E-state index in [1.807, 2.05) is 0 Å². The largest absolute Gasteiger partial charge is 0.495 e. The van der Waals surface area contributed by atoms with E-state index in [0.29, 0.717) is 47.3 Å². The SMILES string of the molecule is COc1ccc(N2CCCS2(=O)=O)cc1NC(=O)c1cc(OC)c(OC)c(OC)c1. The lowest BCUT2D eigenvalue weighted by Crippen LogP contribution is -2.25. The van der Waals surface area contributed by atoms with Gasteiger partial charge >= 0.3 is 0 Å². The smallest absolute Gasteiger partial charge is 0.256 e. The van der Waals surface area contributed by atoms with Crippen LogP contribution in [0.5, 0.6) is 23.0 Å². The van der Waals surface area contributed by atoms with E-state index < -0.39 is 15.9 Å². The first-order valence-corrected chi connectivity index (χ1v) is 10.7. The number of rotatable bonds is 7. The third-order valence-electron chi connectivity index (χ3n) is 4.75. The number of anilines is 2. The number of ether oxygens (including phenoxy) is 4. The number of hydrogen-bond acceptors (Lipinski definition) is 7. The summed E-state index contributed by atoms with van der Waals surface area (Å²) in [6, 6.07) is 7.90. The van der Waals surface area contributed by atoms with Gasteiger partial charge in [-0.15, -0.1) is 0 Å². The van der Waals surface area contributed by atoms with E-state index in [0.717, 1.165) is 0 Å². The third-order valence-corrected chi connectivity index (χ3v) is 6.61. The van der Waals surface area contributed by atoms with Gasteiger partial charge in [-0.25, -0.2) is 8.42 Å². The molecule has 2 aromatic rings. The summed E-state index contributed by atoms with van der Waals surface area (Å²) in [5.74, 6) is 1.10. The van der Waals surface area contributed by atoms with Gasteiger partial charge in [0.15, 0.2) is 11.5 Å². The molecule has 0 aliphatic carbocycles. The van der Waals surface area contributed by atoms with Crippen LogP contribution < -0.4 is 28.6 Å². The van der Waals surface area contributed by atoms with Gasteiger partial charge < -0.3 is 24.3 Å². The maximum Gasteiger partial charge on any atom is 0.256 e. The summed E-state index contributed by atoms with van der Waals surface area (Å²) in [6.45, 7) is 0.398. The minimum atomic E-state index is -3.35. The first-order chi connectivity index (χ1) is 14.3. The molecule has 0 saturated carbocycles. The number of methoxy groups -OCH3 is 4. The summed E-state index contributed by atoms with van der Waals surface area (Å²) >= 11 is 0. The Hall–Kier alpha value is -3.14. The quantitative estimate of drug-likeness (QED) is 0.711. The number of amides is 1. The van der Waals surface area contributed by atoms with E-state index in [1.54, 1.807) is 18.2 Å². The van der Waals surface area contributed by atoms with Gasteiger partial charge in [-0.1, -0.05) is 0 Å². The van der Waals surface area contributed by atoms with Gasteiger partial charge in [-0.3, -0.25) is 9.10 Å². The van der Waals surface area contributed by atoms with Crippen molar-refractivity contribution >= 4 is 27.3 Å². The van der Waals surface area contributed by atoms with Gasteiger partial charge in [0.25, 0.3) is 5.91 Å². The van der Waals surface area contributed by atoms with Crippen LogP contribution in [0.15, 0.2) is 30.3 Å². The van der Waals surface area contributed by atoms with Crippen LogP contribution in [-0.4, -0.2) is 55.1 Å². The molecule has 1 aliphatic heterocycles. The molecule has 1 fully saturated rings. The Morgan fingerprint density at radius 1 is 0.933 bits per heavy atom. The second-order valence-corrected chi connectivity index (χ2v) is 8.51. The molecule has 1 heterocycles. The maximum atomic E-state index is 12.9. The molecule has 0 bridgehead atoms. The van der Waals surface area contributed by atoms with Crippen molar-refractivity contribution in [3.63, 3.8) is 0 Å². The van der Waals surface area contributed by atoms with E-state index in [9.17, 15) is 13.2 Å². The molecule has 0 spiro atoms. The number of nitrogens with zero attached hydrogens (tertiary/aromatic N) is 1. The molecule has 0 radical (unpaired) electrons. The summed E-state index contributed by atoms with van der Waals surface area (Å²) in [6.07, 6.45) is 0.557. The molecule has 0 aromatic heterocycles. The number of carbonyl (C=O) groups excluding carboxylic acids is 1. The zero-order valence-corrected chi connectivity index (χ0v) is 18.0. The van der Waals surface area contributed by atoms with Gasteiger partial charge in [0.05, 0.1) is 45.6 Å². The highest BCUT2D eigenvalue weighted by Gasteiger charge is 2.29. The van der Waals surface area contributed by atoms with Crippen LogP contribution in [0, 0.1) is 0 Å². The molecule has 1 saturated heterocycles. The first-order valence-electron chi connectivity index (χ1n) is 9.14. The van der Waals surface area contributed by atoms with Gasteiger partial charge in [-0.2, -0.15) is 0 Å². The third kappa shape index (κ3) is 4.09. The average molecular weight is 436 g/mol. The minimum Gasteiger partial charge on any atom is -0.495 e. The van der Waals surface area contributed by atoms with Crippen molar-refractivity contribution in [2.45, 2.75) is 6.42 Å². The Bertz CT molecular complexity index is 1030. The highest BCUT2D eigenvalue weighted by molar-refractivity contribution is 7.93. The average Bonchev–Trinajstić information content (AvgIpc) is 3.11. The molecule has 2 aromatic carbocycles. The topological polar surface area (TPSA) is 103 Å². The Labute approximate surface area is 175 Å². The summed E-state index contributed by atoms with van der Waals surface area (Å²) < 4.78 is 47.0. The highest BCUT2D eigenvalue weighted by atomic mass is 32.2. The van der Waals surface area contributed by atoms with Crippen molar-refractivity contribution in [3.8, 4) is 23.0 Å². The number of carbonyl (C=O) groups is 1. The molecule has 30 heavy (non-hydrogen) atoms. The van der Waals surface area contributed by atoms with Crippen molar-refractivity contribution in [2.75, 3.05) is 50.4 Å². The van der Waals surface area contributed by atoms with E-state index in [2.05, 4.69) is 5.32 Å². The molecule has 1 amide bonds. The standard InChI is InChI=1S/C20H24N2O7S/c1-26-16-7-6-14(22-8-5-9-30(22,24)25)12-15(16)21-20(23)13-10-17(27-2)19(29-4)18(11-13)28-3/h6-7,10-12H,5,8-9H2,1-4H3,(H,21,23). The van der Waals surface area contributed by atoms with E-state index in [-0.39, 0.29) is 11.3 Å². The molecular formula is C20H24N2O7S. The molecule has 0 unspecified atom stereocenters. The lowest BCUT2D eigenvalue weighted by molar-refractivity contribution is 0.102. The van der Waals surface area contributed by atoms with Crippen LogP contribution in [0.25, 0.3) is 0 Å². The van der Waals surface area contributed by atoms with Crippen LogP contribution in [0.4, 0.5) is 11.4 Å². The fourth-order valence-electron chi connectivity index (χ4n) is 3.28. The number of nitrogens with one attached hydrogen (secondary N) is 1. The molecule has 10 heteroatoms. The second kappa shape index (κ2) is 8.70. The Morgan fingerprint density at radius 2 is 1.57 bits per heavy atom. The van der Waals surface area contributed by atoms with Crippen molar-refractivity contribution in [3.05, 3.63) is 35.9 Å². The Kier molecular flexibility index (Phi) is 6.25. The van der Waals surface area contributed by atoms with Gasteiger partial charge in [0, 0.05) is 12.1 Å². The van der Waals surface area contributed by atoms with Crippen LogP contribution in [0.1, 0.15) is 16.8 Å². The summed E-state index contributed by atoms with van der Waals surface area (Å²) in [5, 5.41) is 2.77. The van der Waals surface area contributed by atoms with Crippen LogP contribution >= 0.6 is 0 Å². The number of hydrogen-bond donors (Lipinski definition) is 1. The van der Waals surface area contributed by atoms with Crippen molar-refractivity contribution in [2.24, 2.45) is 0 Å². The highest BCUT2D eigenvalue weighted by Crippen LogP contribution is 2.39. The molecule has 1 aliphatic rings. The molecular weight excluding hydrogens is 412 g/mol. The number of benzene rings is 2. The first kappa shape index (κ1) is 21.6. The lowest BCUT2D eigenvalue weighted by atomic mass is 10.1. The molecule has 3 rings (SSSR count). The summed E-state index contributed by atoms with van der Waals surface area (Å²) in [7, 11) is 2.51. The molecule has 0 atom stereocenters. The van der Waals surface area contributed by atoms with E-state index >= 15 is 0 Å². The fraction of sp³-hybridized carbons (Fsp3) is 0.350. The summed E-state index contributed by atoms with van der Waals surface area (Å²) in [5.41, 5.74) is 1.08. The Balaban J connectivity index is 1.96. The van der Waals surface area contributed by atoms with Gasteiger partial charge in [0.1, 0.15) is 5.75 Å². The summed E-state index contributed by atoms with van der Waals surface area (Å²) in [4.78, 5) is 12.9. The zero-order valence-electron chi connectivity index (χ0n) is 17.2. The molecule has 9 nitrogen and oxygen atoms in total. The minimum absolute atomic E-state index is 0.103. The Morgan fingerprint density at radius 3 is 2.07 bits per heavy atom. The zero-order chi connectivity index (χ0) is 21.9. The van der Waals surface area contributed by atoms with Crippen molar-refractivity contribution in [1.29, 1.82) is 0 Å². The predicted molar refractivity (Wildman–Crippen MR) is 113 cm³/mol. The van der Waals surface area contributed by atoms with Gasteiger partial charge in [-0.05, 0) is 36.8 Å². The van der Waals surface area contributed by atoms with Crippen LogP contribution in [-0.2, 0) is 10.0 Å². The predicted octanol–water partition coefficient (Wildman–Crippen LogP) is 2.51. The molecule has 162 valence electrons. The van der Waals surface area contributed by atoms with Gasteiger partial charge in [0.2, 0.25) is 15.8 Å². The van der Waals surface area contributed by atoms with Crippen molar-refractivity contribution < 1.29 is 32.2 Å². The molecule has 1 N–H and O–H groups in total. The van der Waals surface area contributed by atoms with Crippen LogP contribution in [0.2, 0.25) is 0 Å². The lowest BCUT2D eigenvalue weighted by Gasteiger charge is -2.19. The fourth-order valence-corrected chi connectivity index (χ4v) is 4.84.